The van der Waals surface area contributed by atoms with E-state index < -0.39 is 0 Å². The Balaban J connectivity index is 2.06. The summed E-state index contributed by atoms with van der Waals surface area (Å²) in [4.78, 5) is 9.15. The van der Waals surface area contributed by atoms with Gasteiger partial charge in [0.15, 0.2) is 5.82 Å². The van der Waals surface area contributed by atoms with Gasteiger partial charge >= 0.3 is 0 Å². The third-order valence-corrected chi connectivity index (χ3v) is 4.24. The number of halogens is 1. The highest BCUT2D eigenvalue weighted by Gasteiger charge is 2.17. The number of anilines is 1. The van der Waals surface area contributed by atoms with Crippen molar-refractivity contribution in [1.82, 2.24) is 9.97 Å². The number of aryl methyl sites for hydroxylation is 1. The highest BCUT2D eigenvalue weighted by Crippen LogP contribution is 2.31. The number of ether oxygens (including phenoxy) is 1. The quantitative estimate of drug-likeness (QED) is 0.915. The summed E-state index contributed by atoms with van der Waals surface area (Å²) in [5, 5.41) is 0. The third kappa shape index (κ3) is 2.38. The Morgan fingerprint density at radius 3 is 2.75 bits per heavy atom. The first kappa shape index (κ1) is 13.4. The van der Waals surface area contributed by atoms with Gasteiger partial charge in [-0.2, -0.15) is 0 Å². The zero-order chi connectivity index (χ0) is 14.1. The summed E-state index contributed by atoms with van der Waals surface area (Å²) in [7, 11) is 1.65. The predicted molar refractivity (Wildman–Crippen MR) is 82.8 cm³/mol. The number of hydrogen-bond acceptors (Lipinski definition) is 4. The van der Waals surface area contributed by atoms with E-state index in [1.165, 1.54) is 12.8 Å². The van der Waals surface area contributed by atoms with Crippen molar-refractivity contribution >= 4 is 21.7 Å². The maximum atomic E-state index is 6.09. The second-order valence-corrected chi connectivity index (χ2v) is 5.77. The van der Waals surface area contributed by atoms with E-state index in [1.807, 2.05) is 18.2 Å². The average molecular weight is 334 g/mol. The minimum absolute atomic E-state index is 0.622. The van der Waals surface area contributed by atoms with Gasteiger partial charge in [-0.05, 0) is 59.8 Å². The molecular weight excluding hydrogens is 318 g/mol. The molecule has 0 saturated carbocycles. The molecule has 1 aliphatic carbocycles. The van der Waals surface area contributed by atoms with Crippen LogP contribution in [0.4, 0.5) is 5.82 Å². The molecule has 3 rings (SSSR count). The molecule has 4 nitrogen and oxygen atoms in total. The van der Waals surface area contributed by atoms with Gasteiger partial charge in [0.05, 0.1) is 11.6 Å². The van der Waals surface area contributed by atoms with Crippen LogP contribution in [-0.2, 0) is 12.8 Å². The van der Waals surface area contributed by atoms with E-state index in [2.05, 4.69) is 25.9 Å². The van der Waals surface area contributed by atoms with Gasteiger partial charge in [-0.3, -0.25) is 0 Å². The first-order chi connectivity index (χ1) is 9.69. The van der Waals surface area contributed by atoms with Gasteiger partial charge in [-0.15, -0.1) is 0 Å². The fraction of sp³-hybridized carbons (Fsp3) is 0.333. The number of hydrogen-bond donors (Lipinski definition) is 1. The molecule has 0 aliphatic heterocycles. The molecule has 20 heavy (non-hydrogen) atoms. The lowest BCUT2D eigenvalue weighted by molar-refractivity contribution is 0.412. The average Bonchev–Trinajstić information content (AvgIpc) is 2.47. The number of methoxy groups -OCH3 is 1. The Labute approximate surface area is 126 Å². The summed E-state index contributed by atoms with van der Waals surface area (Å²) >= 11 is 3.49. The minimum Gasteiger partial charge on any atom is -0.496 e. The summed E-state index contributed by atoms with van der Waals surface area (Å²) in [6.45, 7) is 0. The highest BCUT2D eigenvalue weighted by molar-refractivity contribution is 9.10. The second-order valence-electron chi connectivity index (χ2n) is 4.91. The van der Waals surface area contributed by atoms with Crippen molar-refractivity contribution in [1.29, 1.82) is 0 Å². The number of aromatic nitrogens is 2. The Kier molecular flexibility index (Phi) is 3.61. The van der Waals surface area contributed by atoms with E-state index in [9.17, 15) is 0 Å². The normalized spacial score (nSPS) is 13.9. The predicted octanol–water partition coefficient (Wildman–Crippen LogP) is 3.38. The van der Waals surface area contributed by atoms with Crippen molar-refractivity contribution in [3.05, 3.63) is 33.9 Å². The van der Waals surface area contributed by atoms with E-state index in [0.717, 1.165) is 39.9 Å². The zero-order valence-electron chi connectivity index (χ0n) is 11.3. The fourth-order valence-electron chi connectivity index (χ4n) is 2.56. The van der Waals surface area contributed by atoms with E-state index >= 15 is 0 Å². The van der Waals surface area contributed by atoms with Crippen molar-refractivity contribution in [2.45, 2.75) is 25.7 Å². The monoisotopic (exact) mass is 333 g/mol. The molecule has 0 fully saturated rings. The van der Waals surface area contributed by atoms with Gasteiger partial charge in [0, 0.05) is 16.8 Å². The molecule has 0 unspecified atom stereocenters. The van der Waals surface area contributed by atoms with Crippen LogP contribution >= 0.6 is 15.9 Å². The van der Waals surface area contributed by atoms with E-state index in [1.54, 1.807) is 7.11 Å². The number of nitrogen functional groups attached to an aromatic ring is 1. The van der Waals surface area contributed by atoms with Crippen LogP contribution in [0, 0.1) is 0 Å². The minimum atomic E-state index is 0.622. The molecule has 1 aromatic heterocycles. The van der Waals surface area contributed by atoms with Crippen molar-refractivity contribution < 1.29 is 4.74 Å². The van der Waals surface area contributed by atoms with E-state index in [-0.39, 0.29) is 0 Å². The van der Waals surface area contributed by atoms with Gasteiger partial charge in [0.2, 0.25) is 0 Å². The molecule has 0 bridgehead atoms. The molecule has 2 aromatic rings. The summed E-state index contributed by atoms with van der Waals surface area (Å²) in [5.41, 5.74) is 9.26. The Morgan fingerprint density at radius 2 is 2.00 bits per heavy atom. The van der Waals surface area contributed by atoms with Gasteiger partial charge in [-0.25, -0.2) is 9.97 Å². The summed E-state index contributed by atoms with van der Waals surface area (Å²) in [6.07, 6.45) is 4.34. The SMILES string of the molecule is COc1ccc(-c2nc(N)c3c(n2)CCCC3)cc1Br. The van der Waals surface area contributed by atoms with Crippen LogP contribution in [0.5, 0.6) is 5.75 Å². The standard InChI is InChI=1S/C15H16BrN3O/c1-20-13-7-6-9(8-11(13)16)15-18-12-5-3-2-4-10(12)14(17)19-15/h6-8H,2-5H2,1H3,(H2,17,18,19). The largest absolute Gasteiger partial charge is 0.496 e. The number of nitrogens with zero attached hydrogens (tertiary/aromatic N) is 2. The Morgan fingerprint density at radius 1 is 1.20 bits per heavy atom. The first-order valence-corrected chi connectivity index (χ1v) is 7.47. The molecule has 5 heteroatoms. The number of fused-ring (bicyclic) bond motifs is 1. The summed E-state index contributed by atoms with van der Waals surface area (Å²) in [6, 6.07) is 5.81. The molecule has 2 N–H and O–H groups in total. The molecule has 104 valence electrons. The van der Waals surface area contributed by atoms with E-state index in [0.29, 0.717) is 11.6 Å². The van der Waals surface area contributed by atoms with Crippen LogP contribution < -0.4 is 10.5 Å². The summed E-state index contributed by atoms with van der Waals surface area (Å²) in [5.74, 6) is 2.10. The van der Waals surface area contributed by atoms with Crippen molar-refractivity contribution in [3.8, 4) is 17.1 Å². The van der Waals surface area contributed by atoms with Gasteiger partial charge in [0.25, 0.3) is 0 Å². The molecule has 0 radical (unpaired) electrons. The lowest BCUT2D eigenvalue weighted by Crippen LogP contribution is -2.11. The molecule has 0 amide bonds. The van der Waals surface area contributed by atoms with Crippen LogP contribution in [0.15, 0.2) is 22.7 Å². The van der Waals surface area contributed by atoms with Gasteiger partial charge < -0.3 is 10.5 Å². The lowest BCUT2D eigenvalue weighted by atomic mass is 9.96. The zero-order valence-corrected chi connectivity index (χ0v) is 12.9. The van der Waals surface area contributed by atoms with Crippen LogP contribution in [0.1, 0.15) is 24.1 Å². The highest BCUT2D eigenvalue weighted by atomic mass is 79.9. The van der Waals surface area contributed by atoms with E-state index in [4.69, 9.17) is 10.5 Å². The second kappa shape index (κ2) is 5.40. The van der Waals surface area contributed by atoms with Crippen LogP contribution in [0.3, 0.4) is 0 Å². The lowest BCUT2D eigenvalue weighted by Gasteiger charge is -2.17. The van der Waals surface area contributed by atoms with Gasteiger partial charge in [0.1, 0.15) is 11.6 Å². The first-order valence-electron chi connectivity index (χ1n) is 6.68. The molecule has 1 aliphatic rings. The third-order valence-electron chi connectivity index (χ3n) is 3.63. The molecular formula is C15H16BrN3O. The topological polar surface area (TPSA) is 61.0 Å². The smallest absolute Gasteiger partial charge is 0.161 e. The number of benzene rings is 1. The molecule has 0 saturated heterocycles. The maximum absolute atomic E-state index is 6.09. The van der Waals surface area contributed by atoms with Crippen LogP contribution in [0.2, 0.25) is 0 Å². The molecule has 1 heterocycles. The Hall–Kier alpha value is -1.62. The molecule has 0 atom stereocenters. The van der Waals surface area contributed by atoms with Crippen molar-refractivity contribution in [2.75, 3.05) is 12.8 Å². The Bertz CT molecular complexity index is 658. The summed E-state index contributed by atoms with van der Waals surface area (Å²) < 4.78 is 6.12. The van der Waals surface area contributed by atoms with Gasteiger partial charge in [-0.1, -0.05) is 0 Å². The number of nitrogens with two attached hydrogens (primary N) is 1. The van der Waals surface area contributed by atoms with Crippen molar-refractivity contribution in [3.63, 3.8) is 0 Å². The molecule has 0 spiro atoms. The fourth-order valence-corrected chi connectivity index (χ4v) is 3.10. The van der Waals surface area contributed by atoms with Crippen molar-refractivity contribution in [2.24, 2.45) is 0 Å². The number of rotatable bonds is 2. The van der Waals surface area contributed by atoms with Crippen LogP contribution in [0.25, 0.3) is 11.4 Å². The van der Waals surface area contributed by atoms with Crippen LogP contribution in [-0.4, -0.2) is 17.1 Å². The maximum Gasteiger partial charge on any atom is 0.161 e. The molecule has 1 aromatic carbocycles.